The average Bonchev–Trinajstić information content (AvgIpc) is 2.90. The van der Waals surface area contributed by atoms with Crippen molar-refractivity contribution >= 4 is 27.1 Å². The van der Waals surface area contributed by atoms with Crippen LogP contribution in [0, 0.1) is 15.9 Å². The molecule has 1 heterocycles. The van der Waals surface area contributed by atoms with Gasteiger partial charge in [0.2, 0.25) is 10.0 Å². The first kappa shape index (κ1) is 26.5. The van der Waals surface area contributed by atoms with Crippen LogP contribution in [-0.2, 0) is 10.0 Å². The zero-order valence-corrected chi connectivity index (χ0v) is 21.6. The summed E-state index contributed by atoms with van der Waals surface area (Å²) >= 11 is 0. The topological polar surface area (TPSA) is 99.0 Å². The largest absolute Gasteiger partial charge is 0.378 e. The number of nitro benzene ring substituents is 1. The van der Waals surface area contributed by atoms with Gasteiger partial charge in [-0.3, -0.25) is 15.0 Å². The highest BCUT2D eigenvalue weighted by Crippen LogP contribution is 2.28. The molecule has 4 rings (SSSR count). The Labute approximate surface area is 216 Å². The molecule has 0 spiro atoms. The number of sulfonamides is 1. The molecule has 1 aliphatic heterocycles. The van der Waals surface area contributed by atoms with Crippen LogP contribution in [0.5, 0.6) is 0 Å². The molecule has 1 aliphatic rings. The summed E-state index contributed by atoms with van der Waals surface area (Å²) in [7, 11) is -0.237. The highest BCUT2D eigenvalue weighted by atomic mass is 32.2. The Bertz CT molecular complexity index is 1330. The smallest absolute Gasteiger partial charge is 0.289 e. The molecular weight excluding hydrogens is 497 g/mol. The highest BCUT2D eigenvalue weighted by molar-refractivity contribution is 7.89. The average molecular weight is 528 g/mol. The quantitative estimate of drug-likeness (QED) is 0.335. The number of nitrogens with zero attached hydrogens (tertiary/aromatic N) is 4. The van der Waals surface area contributed by atoms with Crippen LogP contribution in [0.3, 0.4) is 0 Å². The van der Waals surface area contributed by atoms with Gasteiger partial charge in [0.25, 0.3) is 5.69 Å². The van der Waals surface area contributed by atoms with E-state index in [9.17, 15) is 22.9 Å². The van der Waals surface area contributed by atoms with Gasteiger partial charge in [-0.25, -0.2) is 17.5 Å². The summed E-state index contributed by atoms with van der Waals surface area (Å²) in [6.45, 7) is 2.74. The zero-order valence-electron chi connectivity index (χ0n) is 20.7. The van der Waals surface area contributed by atoms with Crippen molar-refractivity contribution in [2.24, 2.45) is 0 Å². The van der Waals surface area contributed by atoms with Gasteiger partial charge >= 0.3 is 0 Å². The predicted molar refractivity (Wildman–Crippen MR) is 142 cm³/mol. The maximum Gasteiger partial charge on any atom is 0.289 e. The van der Waals surface area contributed by atoms with Crippen LogP contribution in [0.2, 0.25) is 0 Å². The molecule has 3 aromatic carbocycles. The molecule has 1 unspecified atom stereocenters. The summed E-state index contributed by atoms with van der Waals surface area (Å²) in [6, 6.07) is 19.3. The van der Waals surface area contributed by atoms with Gasteiger partial charge < -0.3 is 9.80 Å². The van der Waals surface area contributed by atoms with Gasteiger partial charge in [-0.15, -0.1) is 0 Å². The number of anilines is 2. The molecular formula is C26H30FN5O4S. The minimum Gasteiger partial charge on any atom is -0.378 e. The van der Waals surface area contributed by atoms with Gasteiger partial charge in [0.1, 0.15) is 5.82 Å². The Morgan fingerprint density at radius 3 is 2.19 bits per heavy atom. The molecule has 0 aliphatic carbocycles. The molecule has 1 fully saturated rings. The third kappa shape index (κ3) is 6.24. The summed E-state index contributed by atoms with van der Waals surface area (Å²) in [5, 5.41) is 11.4. The Morgan fingerprint density at radius 2 is 1.59 bits per heavy atom. The monoisotopic (exact) mass is 527 g/mol. The fraction of sp³-hybridized carbons (Fsp3) is 0.308. The second kappa shape index (κ2) is 11.2. The summed E-state index contributed by atoms with van der Waals surface area (Å²) < 4.78 is 42.2. The number of nitro groups is 1. The molecule has 1 N–H and O–H groups in total. The van der Waals surface area contributed by atoms with Crippen LogP contribution in [0.4, 0.5) is 21.5 Å². The molecule has 1 saturated heterocycles. The van der Waals surface area contributed by atoms with E-state index in [0.29, 0.717) is 26.2 Å². The number of hydrogen-bond acceptors (Lipinski definition) is 7. The number of hydrogen-bond donors (Lipinski definition) is 1. The van der Waals surface area contributed by atoms with Crippen molar-refractivity contribution in [3.63, 3.8) is 0 Å². The Balaban J connectivity index is 1.55. The lowest BCUT2D eigenvalue weighted by atomic mass is 10.0. The first-order chi connectivity index (χ1) is 17.7. The lowest BCUT2D eigenvalue weighted by molar-refractivity contribution is -0.387. The summed E-state index contributed by atoms with van der Waals surface area (Å²) in [6.07, 6.45) is 0. The standard InChI is InChI=1S/C26H30FN5O4S/c1-29(2)22-11-7-20(8-12-22)25(19-28-37(35,36)26-6-4-3-5-24(26)32(33)34)31-17-15-30(16-18-31)23-13-9-21(27)10-14-23/h3-14,25,28H,15-19H2,1-2H3. The first-order valence-corrected chi connectivity index (χ1v) is 13.4. The van der Waals surface area contributed by atoms with Gasteiger partial charge in [-0.2, -0.15) is 0 Å². The number of halogens is 1. The molecule has 0 saturated carbocycles. The number of benzene rings is 3. The molecule has 0 radical (unpaired) electrons. The van der Waals surface area contributed by atoms with E-state index >= 15 is 0 Å². The van der Waals surface area contributed by atoms with E-state index in [4.69, 9.17) is 0 Å². The molecule has 1 atom stereocenters. The third-order valence-electron chi connectivity index (χ3n) is 6.56. The highest BCUT2D eigenvalue weighted by Gasteiger charge is 2.30. The maximum absolute atomic E-state index is 13.3. The van der Waals surface area contributed by atoms with Crippen LogP contribution in [0.1, 0.15) is 11.6 Å². The van der Waals surface area contributed by atoms with Crippen LogP contribution < -0.4 is 14.5 Å². The number of rotatable bonds is 9. The molecule has 0 amide bonds. The van der Waals surface area contributed by atoms with Crippen molar-refractivity contribution in [1.82, 2.24) is 9.62 Å². The van der Waals surface area contributed by atoms with E-state index in [1.165, 1.54) is 36.4 Å². The molecule has 37 heavy (non-hydrogen) atoms. The fourth-order valence-corrected chi connectivity index (χ4v) is 5.71. The SMILES string of the molecule is CN(C)c1ccc(C(CNS(=O)(=O)c2ccccc2[N+](=O)[O-])N2CCN(c3ccc(F)cc3)CC2)cc1. The number of nitrogens with one attached hydrogen (secondary N) is 1. The molecule has 3 aromatic rings. The lowest BCUT2D eigenvalue weighted by Gasteiger charge is -2.40. The van der Waals surface area contributed by atoms with E-state index in [1.54, 1.807) is 12.1 Å². The minimum absolute atomic E-state index is 0.0479. The van der Waals surface area contributed by atoms with Crippen molar-refractivity contribution in [1.29, 1.82) is 0 Å². The summed E-state index contributed by atoms with van der Waals surface area (Å²) in [5.41, 5.74) is 2.43. The minimum atomic E-state index is -4.13. The van der Waals surface area contributed by atoms with E-state index in [-0.39, 0.29) is 23.3 Å². The van der Waals surface area contributed by atoms with Crippen LogP contribution in [0.15, 0.2) is 77.7 Å². The van der Waals surface area contributed by atoms with Gasteiger partial charge in [-0.05, 0) is 48.0 Å². The van der Waals surface area contributed by atoms with Crippen molar-refractivity contribution in [2.45, 2.75) is 10.9 Å². The fourth-order valence-electron chi connectivity index (χ4n) is 4.50. The van der Waals surface area contributed by atoms with Crippen LogP contribution >= 0.6 is 0 Å². The normalized spacial score (nSPS) is 15.4. The Kier molecular flexibility index (Phi) is 8.06. The third-order valence-corrected chi connectivity index (χ3v) is 8.03. The number of para-hydroxylation sites is 1. The van der Waals surface area contributed by atoms with Gasteiger partial charge in [0.05, 0.1) is 4.92 Å². The second-order valence-electron chi connectivity index (χ2n) is 9.08. The van der Waals surface area contributed by atoms with E-state index < -0.39 is 20.6 Å². The van der Waals surface area contributed by atoms with Crippen LogP contribution in [0.25, 0.3) is 0 Å². The zero-order chi connectivity index (χ0) is 26.6. The second-order valence-corrected chi connectivity index (χ2v) is 10.8. The maximum atomic E-state index is 13.3. The molecule has 196 valence electrons. The van der Waals surface area contributed by atoms with E-state index in [0.717, 1.165) is 16.9 Å². The van der Waals surface area contributed by atoms with Crippen molar-refractivity contribution < 1.29 is 17.7 Å². The Morgan fingerprint density at radius 1 is 0.973 bits per heavy atom. The first-order valence-electron chi connectivity index (χ1n) is 11.9. The van der Waals surface area contributed by atoms with Crippen molar-refractivity contribution in [3.05, 3.63) is 94.3 Å². The molecule has 0 aromatic heterocycles. The van der Waals surface area contributed by atoms with E-state index in [1.807, 2.05) is 43.3 Å². The van der Waals surface area contributed by atoms with Crippen LogP contribution in [-0.4, -0.2) is 65.1 Å². The lowest BCUT2D eigenvalue weighted by Crippen LogP contribution is -2.50. The summed E-state index contributed by atoms with van der Waals surface area (Å²) in [5.74, 6) is -0.283. The summed E-state index contributed by atoms with van der Waals surface area (Å²) in [4.78, 5) is 16.7. The van der Waals surface area contributed by atoms with E-state index in [2.05, 4.69) is 14.5 Å². The van der Waals surface area contributed by atoms with Crippen molar-refractivity contribution in [3.8, 4) is 0 Å². The Hall–Kier alpha value is -3.54. The molecule has 9 nitrogen and oxygen atoms in total. The predicted octanol–water partition coefficient (Wildman–Crippen LogP) is 3.64. The van der Waals surface area contributed by atoms with Gasteiger partial charge in [-0.1, -0.05) is 24.3 Å². The number of piperazine rings is 1. The van der Waals surface area contributed by atoms with Gasteiger partial charge in [0.15, 0.2) is 4.90 Å². The molecule has 11 heteroatoms. The van der Waals surface area contributed by atoms with Gasteiger partial charge in [0, 0.05) is 70.3 Å². The molecule has 0 bridgehead atoms. The van der Waals surface area contributed by atoms with Crippen molar-refractivity contribution in [2.75, 3.05) is 56.6 Å².